The molecule has 2 aliphatic carbocycles. The predicted octanol–water partition coefficient (Wildman–Crippen LogP) is 39.2. The van der Waals surface area contributed by atoms with E-state index in [4.69, 9.17) is 4.98 Å². The van der Waals surface area contributed by atoms with Crippen LogP contribution in [0.5, 0.6) is 0 Å². The Hall–Kier alpha value is 5.87. The van der Waals surface area contributed by atoms with E-state index in [2.05, 4.69) is 177 Å². The zero-order valence-electron chi connectivity index (χ0n) is 90.2. The zero-order chi connectivity index (χ0) is 94.2. The molecule has 1 aromatic carbocycles. The van der Waals surface area contributed by atoms with E-state index >= 15 is 0 Å². The standard InChI is InChI=1S/C16H24P2.C15H23NP2.C11H20OP2.3C11H22P2.2C10H19P.3C6H13P.Fe/c1-17-10-4-8-15(17)13-6-3-7-14(12-13)16-9-5-11-18(16)2;1-17-10-4-8-14(17)12-6-3-7-13(16-12)15-9-5-11-18(15)2;1-13-7-3-5-9(13)11(12)10-6-4-8-14(10)2;3*1-12-7-3-5-10(12)9-11-6-4-8-13(11)2;2*1-11-8-4-7-10(11)9-5-2-3-6-9;3*1-6-4-3-5-7(6)2;/h3,6-7,12,15-16H,4-5,8-11H2,1-2H3;3,6-7,14-15H,4-5,8-11H2,1-2H3;9-10H,3-8H2,1-2H3;3*10-11H,3-9H2,1-2H3;2*9-10H,2-8H2,1H3;3*6H,3-5H2,1-2H3;/t15-,16-,17+,18+;14-,15-,17+,18+;9-,10-,13+,14+;3*10-,11-,12+,13+;2*10-,11+;3*6-,7-;/m11111111000./s1. The minimum absolute atomic E-state index is 0. The quantitative estimate of drug-likeness (QED) is 0.139. The van der Waals surface area contributed by atoms with E-state index < -0.39 is 0 Å². The third-order valence-electron chi connectivity index (χ3n) is 37.3. The van der Waals surface area contributed by atoms with E-state index in [1.807, 2.05) is 0 Å². The van der Waals surface area contributed by atoms with Crippen molar-refractivity contribution < 1.29 is 21.9 Å². The van der Waals surface area contributed by atoms with Crippen molar-refractivity contribution in [2.75, 3.05) is 218 Å². The molecule has 0 spiro atoms. The number of Topliss-reactive ketones (excluding diaryl/α,β-unsaturated/α-hetero) is 1. The molecule has 19 fully saturated rings. The van der Waals surface area contributed by atoms with Gasteiger partial charge in [-0.3, -0.25) is 9.78 Å². The molecular weight excluding hydrogens is 1970 g/mol. The minimum Gasteiger partial charge on any atom is -0.298 e. The third kappa shape index (κ3) is 39.5. The van der Waals surface area contributed by atoms with Crippen LogP contribution < -0.4 is 0 Å². The van der Waals surface area contributed by atoms with E-state index in [1.165, 1.54) is 253 Å². The number of rotatable bonds is 14. The molecule has 0 unspecified atom stereocenters. The van der Waals surface area contributed by atoms with Crippen LogP contribution in [0, 0.1) is 11.8 Å². The van der Waals surface area contributed by atoms with Gasteiger partial charge >= 0.3 is 0 Å². The molecule has 17 saturated heterocycles. The number of pyridine rings is 1. The van der Waals surface area contributed by atoms with Crippen LogP contribution in [-0.2, 0) is 21.9 Å². The first-order valence-electron chi connectivity index (χ1n) is 56.2. The molecule has 766 valence electrons. The Bertz CT molecular complexity index is 3050. The van der Waals surface area contributed by atoms with Crippen molar-refractivity contribution in [1.82, 2.24) is 4.98 Å². The van der Waals surface area contributed by atoms with Crippen molar-refractivity contribution in [3.8, 4) is 0 Å². The van der Waals surface area contributed by atoms with Crippen LogP contribution in [0.4, 0.5) is 0 Å². The average Bonchev–Trinajstić information content (AvgIpc) is 1.67. The smallest absolute Gasteiger partial charge is 0.147 e. The first-order valence-corrected chi connectivity index (χ1v) is 91.0. The Kier molecular flexibility index (Phi) is 59.3. The molecule has 18 heterocycles. The van der Waals surface area contributed by atoms with Crippen LogP contribution in [0.15, 0.2) is 42.5 Å². The van der Waals surface area contributed by atoms with E-state index in [0.717, 1.165) is 51.4 Å². The second-order valence-electron chi connectivity index (χ2n) is 46.6. The fraction of sp³-hybridized carbons (Fsp3) is 0.894. The SMILES string of the molecule is C[C@H]1CCC[P@]1C.C[C@H]1CCC[P@]1C.C[C@H]1CCC[P@]1C.C[P@@]1CCC[C@@H]1C(=O)[C@H]1CCC[P@]1C.C[P@@]1CCC[C@@H]1C1CCCC1.C[P@@]1CCC[C@@H]1C1CCCC1.C[P@@]1CCC[C@@H]1C[C@H]1CCC[P@]1C.C[P@@]1CCC[C@@H]1C[C@H]1CCC[P@]1C.C[P@@]1CCC[C@@H]1C[C@H]1CCC[P@]1C.C[P@@]1CCC[C@@H]1c1cccc([C@H]2CCC[P@]2C)c1.C[P@@]1CCC[C@@H]1c1cccc([C@H]2CCC[P@]2C)n1.[Fe]. The van der Waals surface area contributed by atoms with Gasteiger partial charge in [-0.15, -0.1) is 119 Å². The fourth-order valence-electron chi connectivity index (χ4n) is 27.4. The van der Waals surface area contributed by atoms with Crippen molar-refractivity contribution in [2.24, 2.45) is 11.8 Å². The van der Waals surface area contributed by atoms with Gasteiger partial charge in [0.2, 0.25) is 0 Å². The molecule has 19 aliphatic rings. The Labute approximate surface area is 860 Å². The number of hydrogen-bond acceptors (Lipinski definition) is 2. The molecule has 0 bridgehead atoms. The number of benzene rings is 1. The molecular formula is C113H210FeNOP17. The summed E-state index contributed by atoms with van der Waals surface area (Å²) in [6, 6.07) is 16.5. The van der Waals surface area contributed by atoms with E-state index in [1.54, 1.807) is 208 Å². The van der Waals surface area contributed by atoms with Crippen LogP contribution in [0.2, 0.25) is 0 Å². The number of carbonyl (C=O) groups excluding carboxylic acids is 1. The normalized spacial score (nSPS) is 41.0. The number of carbonyl (C=O) groups is 1. The number of hydrogen-bond donors (Lipinski definition) is 0. The van der Waals surface area contributed by atoms with Crippen LogP contribution in [-0.4, -0.2) is 302 Å². The Morgan fingerprint density at radius 3 is 0.677 bits per heavy atom. The van der Waals surface area contributed by atoms with E-state index in [9.17, 15) is 4.79 Å². The van der Waals surface area contributed by atoms with Gasteiger partial charge in [0.25, 0.3) is 0 Å². The molecule has 17 aliphatic heterocycles. The summed E-state index contributed by atoms with van der Waals surface area (Å²) in [6.07, 6.45) is 93.5. The monoisotopic (exact) mass is 2180 g/mol. The number of ketones is 1. The van der Waals surface area contributed by atoms with Gasteiger partial charge in [-0.1, -0.05) is 92.6 Å². The van der Waals surface area contributed by atoms with Gasteiger partial charge in [0, 0.05) is 62.4 Å². The average molecular weight is 2180 g/mol. The fourth-order valence-corrected chi connectivity index (χ4v) is 65.7. The number of aromatic nitrogens is 1. The predicted molar refractivity (Wildman–Crippen MR) is 649 cm³/mol. The van der Waals surface area contributed by atoms with Crippen molar-refractivity contribution in [3.63, 3.8) is 0 Å². The van der Waals surface area contributed by atoms with Gasteiger partial charge in [-0.2, -0.15) is 0 Å². The molecule has 1 aromatic heterocycles. The summed E-state index contributed by atoms with van der Waals surface area (Å²) in [4.78, 5) is 17.4. The zero-order valence-corrected chi connectivity index (χ0v) is 106. The number of nitrogens with zero attached hydrogens (tertiary/aromatic N) is 1. The molecule has 0 radical (unpaired) electrons. The van der Waals surface area contributed by atoms with Gasteiger partial charge in [0.15, 0.2) is 0 Å². The van der Waals surface area contributed by atoms with Crippen LogP contribution in [0.25, 0.3) is 0 Å². The second kappa shape index (κ2) is 65.3. The first kappa shape index (κ1) is 121. The maximum absolute atomic E-state index is 12.3. The maximum Gasteiger partial charge on any atom is 0.147 e. The van der Waals surface area contributed by atoms with Crippen LogP contribution in [0.3, 0.4) is 0 Å². The van der Waals surface area contributed by atoms with Crippen molar-refractivity contribution in [1.29, 1.82) is 0 Å². The van der Waals surface area contributed by atoms with Gasteiger partial charge in [0.05, 0.1) is 0 Å². The van der Waals surface area contributed by atoms with Gasteiger partial charge in [-0.25, -0.2) is 0 Å². The molecule has 0 amide bonds. The third-order valence-corrected chi connectivity index (χ3v) is 83.4. The molecule has 133 heavy (non-hydrogen) atoms. The molecule has 2 saturated carbocycles. The summed E-state index contributed by atoms with van der Waals surface area (Å²) in [6.45, 7) is 49.3. The molecule has 0 N–H and O–H groups in total. The first-order chi connectivity index (χ1) is 63.7. The minimum atomic E-state index is 0. The summed E-state index contributed by atoms with van der Waals surface area (Å²) in [7, 11) is 6.07. The Balaban J connectivity index is 0.000000153. The summed E-state index contributed by atoms with van der Waals surface area (Å²) in [5.41, 5.74) is 23.2. The molecule has 20 heteroatoms. The largest absolute Gasteiger partial charge is 0.298 e. The summed E-state index contributed by atoms with van der Waals surface area (Å²) < 4.78 is 0. The van der Waals surface area contributed by atoms with Crippen LogP contribution in [0.1, 0.15) is 355 Å². The van der Waals surface area contributed by atoms with Crippen molar-refractivity contribution >= 4 is 140 Å². The Morgan fingerprint density at radius 2 is 0.466 bits per heavy atom. The van der Waals surface area contributed by atoms with Crippen molar-refractivity contribution in [2.45, 2.75) is 406 Å². The molecule has 34 atom stereocenters. The van der Waals surface area contributed by atoms with E-state index in [0.29, 0.717) is 104 Å². The second-order valence-corrected chi connectivity index (χ2v) is 92.1. The van der Waals surface area contributed by atoms with Crippen LogP contribution >= 0.6 is 135 Å². The molecule has 21 rings (SSSR count). The topological polar surface area (TPSA) is 30.0 Å². The van der Waals surface area contributed by atoms with Gasteiger partial charge in [-0.05, 0) is 579 Å². The summed E-state index contributed by atoms with van der Waals surface area (Å²) in [5, 5.41) is 0. The summed E-state index contributed by atoms with van der Waals surface area (Å²) in [5.74, 6) is 2.99. The van der Waals surface area contributed by atoms with Crippen molar-refractivity contribution in [3.05, 3.63) is 65.0 Å². The van der Waals surface area contributed by atoms with E-state index in [-0.39, 0.29) is 64.6 Å². The molecule has 2 aromatic rings. The van der Waals surface area contributed by atoms with Gasteiger partial charge < -0.3 is 0 Å². The maximum atomic E-state index is 12.3. The van der Waals surface area contributed by atoms with Gasteiger partial charge in [0.1, 0.15) is 5.78 Å². The molecule has 2 nitrogen and oxygen atoms in total. The Morgan fingerprint density at radius 1 is 0.241 bits per heavy atom. The summed E-state index contributed by atoms with van der Waals surface area (Å²) >= 11 is 0.